The fourth-order valence-electron chi connectivity index (χ4n) is 3.17. The van der Waals surface area contributed by atoms with E-state index in [0.29, 0.717) is 24.5 Å². The van der Waals surface area contributed by atoms with Gasteiger partial charge in [-0.3, -0.25) is 9.48 Å². The van der Waals surface area contributed by atoms with Crippen LogP contribution in [0.5, 0.6) is 5.75 Å². The molecular formula is C18H18N4O3. The third-order valence-corrected chi connectivity index (χ3v) is 4.30. The van der Waals surface area contributed by atoms with E-state index in [0.717, 1.165) is 24.0 Å². The number of carbonyl (C=O) groups is 1. The lowest BCUT2D eigenvalue weighted by Crippen LogP contribution is -2.35. The van der Waals surface area contributed by atoms with E-state index < -0.39 is 0 Å². The molecule has 0 spiro atoms. The number of fused-ring (bicyclic) bond motifs is 1. The van der Waals surface area contributed by atoms with E-state index in [4.69, 9.17) is 4.52 Å². The molecule has 0 saturated carbocycles. The predicted molar refractivity (Wildman–Crippen MR) is 90.7 cm³/mol. The molecule has 7 heteroatoms. The summed E-state index contributed by atoms with van der Waals surface area (Å²) >= 11 is 0. The number of anilines is 1. The Morgan fingerprint density at radius 2 is 2.28 bits per heavy atom. The molecule has 1 aromatic carbocycles. The number of hydrogen-bond donors (Lipinski definition) is 1. The van der Waals surface area contributed by atoms with E-state index >= 15 is 0 Å². The molecule has 3 heterocycles. The molecule has 1 aliphatic heterocycles. The van der Waals surface area contributed by atoms with Crippen molar-refractivity contribution in [1.29, 1.82) is 0 Å². The minimum atomic E-state index is -0.269. The Morgan fingerprint density at radius 3 is 3.08 bits per heavy atom. The van der Waals surface area contributed by atoms with Crippen LogP contribution in [0, 0.1) is 6.92 Å². The van der Waals surface area contributed by atoms with Gasteiger partial charge in [-0.15, -0.1) is 0 Å². The van der Waals surface area contributed by atoms with Crippen LogP contribution in [0.1, 0.15) is 33.8 Å². The highest BCUT2D eigenvalue weighted by Crippen LogP contribution is 2.36. The zero-order valence-electron chi connectivity index (χ0n) is 13.8. The van der Waals surface area contributed by atoms with Crippen molar-refractivity contribution in [3.63, 3.8) is 0 Å². The highest BCUT2D eigenvalue weighted by Gasteiger charge is 2.28. The van der Waals surface area contributed by atoms with Gasteiger partial charge >= 0.3 is 0 Å². The fraction of sp³-hybridized carbons (Fsp3) is 0.278. The summed E-state index contributed by atoms with van der Waals surface area (Å²) in [5.41, 5.74) is 2.83. The van der Waals surface area contributed by atoms with Gasteiger partial charge in [0.15, 0.2) is 11.5 Å². The number of benzene rings is 1. The summed E-state index contributed by atoms with van der Waals surface area (Å²) in [6.07, 6.45) is 5.34. The maximum atomic E-state index is 12.9. The number of carbonyl (C=O) groups excluding carboxylic acids is 1. The van der Waals surface area contributed by atoms with Gasteiger partial charge in [-0.25, -0.2) is 0 Å². The van der Waals surface area contributed by atoms with Crippen molar-refractivity contribution in [2.75, 3.05) is 11.4 Å². The summed E-state index contributed by atoms with van der Waals surface area (Å²) in [5, 5.41) is 18.3. The van der Waals surface area contributed by atoms with Crippen LogP contribution in [-0.2, 0) is 13.0 Å². The molecule has 0 bridgehead atoms. The summed E-state index contributed by atoms with van der Waals surface area (Å²) in [7, 11) is 0. The van der Waals surface area contributed by atoms with Crippen molar-refractivity contribution in [3.8, 4) is 5.75 Å². The van der Waals surface area contributed by atoms with Crippen LogP contribution >= 0.6 is 0 Å². The number of phenols is 1. The number of aryl methyl sites for hydroxylation is 2. The van der Waals surface area contributed by atoms with Gasteiger partial charge in [-0.05, 0) is 37.0 Å². The molecule has 0 aliphatic carbocycles. The second kappa shape index (κ2) is 6.08. The van der Waals surface area contributed by atoms with Gasteiger partial charge in [0.1, 0.15) is 12.3 Å². The van der Waals surface area contributed by atoms with Gasteiger partial charge in [0.05, 0.1) is 11.9 Å². The minimum absolute atomic E-state index is 0.112. The average Bonchev–Trinajstić information content (AvgIpc) is 3.23. The molecule has 0 fully saturated rings. The van der Waals surface area contributed by atoms with Crippen LogP contribution in [0.25, 0.3) is 0 Å². The maximum absolute atomic E-state index is 12.9. The smallest absolute Gasteiger partial charge is 0.280 e. The van der Waals surface area contributed by atoms with E-state index in [-0.39, 0.29) is 17.4 Å². The summed E-state index contributed by atoms with van der Waals surface area (Å²) in [6, 6.07) is 6.96. The van der Waals surface area contributed by atoms with Crippen LogP contribution in [0.4, 0.5) is 5.69 Å². The summed E-state index contributed by atoms with van der Waals surface area (Å²) in [5.74, 6) is 0.399. The third kappa shape index (κ3) is 2.88. The number of amides is 1. The molecule has 7 nitrogen and oxygen atoms in total. The SMILES string of the molecule is Cc1cnn(Cc2cc(C(=O)N3CCCc4cccc(O)c43)no2)c1. The summed E-state index contributed by atoms with van der Waals surface area (Å²) in [4.78, 5) is 14.4. The van der Waals surface area contributed by atoms with Crippen LogP contribution in [0.2, 0.25) is 0 Å². The number of rotatable bonds is 3. The Morgan fingerprint density at radius 1 is 1.40 bits per heavy atom. The monoisotopic (exact) mass is 338 g/mol. The van der Waals surface area contributed by atoms with Gasteiger partial charge in [0.2, 0.25) is 0 Å². The molecular weight excluding hydrogens is 320 g/mol. The highest BCUT2D eigenvalue weighted by molar-refractivity contribution is 6.06. The zero-order chi connectivity index (χ0) is 17.4. The molecule has 1 N–H and O–H groups in total. The third-order valence-electron chi connectivity index (χ3n) is 4.30. The zero-order valence-corrected chi connectivity index (χ0v) is 13.8. The van der Waals surface area contributed by atoms with E-state index in [2.05, 4.69) is 10.3 Å². The predicted octanol–water partition coefficient (Wildman–Crippen LogP) is 2.53. The van der Waals surface area contributed by atoms with Crippen molar-refractivity contribution < 1.29 is 14.4 Å². The first-order valence-electron chi connectivity index (χ1n) is 8.19. The number of para-hydroxylation sites is 1. The van der Waals surface area contributed by atoms with Crippen molar-refractivity contribution in [1.82, 2.24) is 14.9 Å². The molecule has 3 aromatic rings. The van der Waals surface area contributed by atoms with Gasteiger partial charge < -0.3 is 14.5 Å². The maximum Gasteiger partial charge on any atom is 0.280 e. The molecule has 128 valence electrons. The molecule has 2 aromatic heterocycles. The Balaban J connectivity index is 1.58. The highest BCUT2D eigenvalue weighted by atomic mass is 16.5. The molecule has 4 rings (SSSR count). The largest absolute Gasteiger partial charge is 0.506 e. The van der Waals surface area contributed by atoms with Crippen LogP contribution in [0.3, 0.4) is 0 Å². The number of phenolic OH excluding ortho intramolecular Hbond substituents is 1. The lowest BCUT2D eigenvalue weighted by Gasteiger charge is -2.29. The van der Waals surface area contributed by atoms with Crippen molar-refractivity contribution >= 4 is 11.6 Å². The molecule has 0 saturated heterocycles. The van der Waals surface area contributed by atoms with Gasteiger partial charge in [0, 0.05) is 18.8 Å². The van der Waals surface area contributed by atoms with Gasteiger partial charge in [-0.1, -0.05) is 17.3 Å². The summed E-state index contributed by atoms with van der Waals surface area (Å²) in [6.45, 7) is 2.92. The van der Waals surface area contributed by atoms with E-state index in [9.17, 15) is 9.90 Å². The molecule has 1 amide bonds. The van der Waals surface area contributed by atoms with E-state index in [1.165, 1.54) is 0 Å². The van der Waals surface area contributed by atoms with Crippen molar-refractivity contribution in [2.24, 2.45) is 0 Å². The molecule has 25 heavy (non-hydrogen) atoms. The lowest BCUT2D eigenvalue weighted by molar-refractivity contribution is 0.0975. The van der Waals surface area contributed by atoms with Crippen LogP contribution in [-0.4, -0.2) is 32.5 Å². The Bertz CT molecular complexity index is 928. The number of nitrogens with zero attached hydrogens (tertiary/aromatic N) is 4. The first kappa shape index (κ1) is 15.4. The van der Waals surface area contributed by atoms with E-state index in [1.807, 2.05) is 19.2 Å². The second-order valence-electron chi connectivity index (χ2n) is 6.24. The molecule has 0 atom stereocenters. The number of aromatic hydroxyl groups is 1. The first-order valence-corrected chi connectivity index (χ1v) is 8.19. The standard InChI is InChI=1S/C18H18N4O3/c1-12-9-19-21(10-12)11-14-8-15(20-25-14)18(24)22-7-3-5-13-4-2-6-16(23)17(13)22/h2,4,6,8-10,23H,3,5,7,11H2,1H3. The van der Waals surface area contributed by atoms with Crippen LogP contribution < -0.4 is 4.90 Å². The normalized spacial score (nSPS) is 13.7. The van der Waals surface area contributed by atoms with E-state index in [1.54, 1.807) is 34.0 Å². The molecule has 0 radical (unpaired) electrons. The molecule has 0 unspecified atom stereocenters. The minimum Gasteiger partial charge on any atom is -0.506 e. The Labute approximate surface area is 144 Å². The Hall–Kier alpha value is -3.09. The van der Waals surface area contributed by atoms with Crippen LogP contribution in [0.15, 0.2) is 41.2 Å². The van der Waals surface area contributed by atoms with Crippen molar-refractivity contribution in [2.45, 2.75) is 26.3 Å². The fourth-order valence-corrected chi connectivity index (χ4v) is 3.17. The number of aromatic nitrogens is 3. The second-order valence-corrected chi connectivity index (χ2v) is 6.24. The number of hydrogen-bond acceptors (Lipinski definition) is 5. The Kier molecular flexibility index (Phi) is 3.76. The molecule has 1 aliphatic rings. The average molecular weight is 338 g/mol. The quantitative estimate of drug-likeness (QED) is 0.793. The lowest BCUT2D eigenvalue weighted by atomic mass is 10.0. The van der Waals surface area contributed by atoms with Crippen molar-refractivity contribution in [3.05, 3.63) is 59.2 Å². The summed E-state index contributed by atoms with van der Waals surface area (Å²) < 4.78 is 7.02. The van der Waals surface area contributed by atoms with Gasteiger partial charge in [-0.2, -0.15) is 5.10 Å². The van der Waals surface area contributed by atoms with Gasteiger partial charge in [0.25, 0.3) is 5.91 Å². The topological polar surface area (TPSA) is 84.4 Å². The first-order chi connectivity index (χ1) is 12.1.